The van der Waals surface area contributed by atoms with Crippen LogP contribution in [0.3, 0.4) is 0 Å². The van der Waals surface area contributed by atoms with Gasteiger partial charge in [-0.25, -0.2) is 4.79 Å². The van der Waals surface area contributed by atoms with Gasteiger partial charge in [0.05, 0.1) is 11.8 Å². The quantitative estimate of drug-likeness (QED) is 0.402. The highest BCUT2D eigenvalue weighted by Gasteiger charge is 2.28. The maximum atomic E-state index is 12.1. The predicted octanol–water partition coefficient (Wildman–Crippen LogP) is 4.37. The summed E-state index contributed by atoms with van der Waals surface area (Å²) in [6.07, 6.45) is 2.01. The molecule has 1 aromatic heterocycles. The van der Waals surface area contributed by atoms with Crippen molar-refractivity contribution < 1.29 is 18.7 Å². The largest absolute Gasteiger partial charge is 0.460 e. The van der Waals surface area contributed by atoms with E-state index in [1.807, 2.05) is 24.3 Å². The number of benzene rings is 2. The Morgan fingerprint density at radius 3 is 2.45 bits per heavy atom. The molecule has 5 nitrogen and oxygen atoms in total. The lowest BCUT2D eigenvalue weighted by molar-refractivity contribution is 0.110. The van der Waals surface area contributed by atoms with Gasteiger partial charge in [0.25, 0.3) is 0 Å². The van der Waals surface area contributed by atoms with Gasteiger partial charge in [0.1, 0.15) is 6.61 Å². The van der Waals surface area contributed by atoms with Gasteiger partial charge >= 0.3 is 6.09 Å². The summed E-state index contributed by atoms with van der Waals surface area (Å²) in [5, 5.41) is 2.71. The molecule has 5 heteroatoms. The molecule has 3 aromatic rings. The molecule has 0 spiro atoms. The Balaban J connectivity index is 1.30. The monoisotopic (exact) mass is 385 g/mol. The minimum Gasteiger partial charge on any atom is -0.460 e. The van der Waals surface area contributed by atoms with Gasteiger partial charge in [-0.15, -0.1) is 0 Å². The molecular formula is C24H19NO4. The van der Waals surface area contributed by atoms with Crippen molar-refractivity contribution in [1.29, 1.82) is 0 Å². The molecule has 0 saturated heterocycles. The van der Waals surface area contributed by atoms with Gasteiger partial charge in [-0.1, -0.05) is 60.4 Å². The molecule has 1 aliphatic carbocycles. The number of amides is 1. The average Bonchev–Trinajstić information content (AvgIpc) is 3.34. The number of rotatable bonds is 5. The van der Waals surface area contributed by atoms with Crippen molar-refractivity contribution in [2.45, 2.75) is 12.3 Å². The van der Waals surface area contributed by atoms with Crippen LogP contribution in [-0.4, -0.2) is 25.5 Å². The predicted molar refractivity (Wildman–Crippen MR) is 109 cm³/mol. The van der Waals surface area contributed by atoms with Gasteiger partial charge < -0.3 is 14.5 Å². The molecule has 1 N–H and O–H groups in total. The van der Waals surface area contributed by atoms with Crippen LogP contribution in [0, 0.1) is 11.8 Å². The zero-order valence-corrected chi connectivity index (χ0v) is 15.7. The second-order valence-electron chi connectivity index (χ2n) is 6.62. The Labute approximate surface area is 168 Å². The molecule has 0 unspecified atom stereocenters. The lowest BCUT2D eigenvalue weighted by Crippen LogP contribution is -2.26. The summed E-state index contributed by atoms with van der Waals surface area (Å²) in [5.74, 6) is 6.00. The van der Waals surface area contributed by atoms with E-state index in [4.69, 9.17) is 9.15 Å². The lowest BCUT2D eigenvalue weighted by atomic mass is 9.98. The van der Waals surface area contributed by atoms with E-state index >= 15 is 0 Å². The van der Waals surface area contributed by atoms with Crippen LogP contribution < -0.4 is 5.32 Å². The first-order valence-electron chi connectivity index (χ1n) is 9.38. The molecule has 144 valence electrons. The van der Waals surface area contributed by atoms with E-state index in [-0.39, 0.29) is 18.3 Å². The summed E-state index contributed by atoms with van der Waals surface area (Å²) < 4.78 is 10.4. The number of carbonyl (C=O) groups is 2. The van der Waals surface area contributed by atoms with E-state index < -0.39 is 6.09 Å². The van der Waals surface area contributed by atoms with Crippen LogP contribution >= 0.6 is 0 Å². The number of alkyl carbamates (subject to hydrolysis) is 1. The van der Waals surface area contributed by atoms with Crippen molar-refractivity contribution in [3.8, 4) is 23.0 Å². The van der Waals surface area contributed by atoms with Crippen LogP contribution in [0.25, 0.3) is 11.1 Å². The third kappa shape index (κ3) is 3.92. The Morgan fingerprint density at radius 2 is 1.76 bits per heavy atom. The molecule has 1 aliphatic rings. The van der Waals surface area contributed by atoms with Gasteiger partial charge in [0.15, 0.2) is 12.0 Å². The van der Waals surface area contributed by atoms with E-state index in [1.54, 1.807) is 6.07 Å². The minimum atomic E-state index is -0.467. The zero-order valence-electron chi connectivity index (χ0n) is 15.7. The van der Waals surface area contributed by atoms with Gasteiger partial charge in [-0.2, -0.15) is 0 Å². The van der Waals surface area contributed by atoms with Crippen molar-refractivity contribution in [3.05, 3.63) is 83.3 Å². The number of furan rings is 1. The number of ether oxygens (including phenoxy) is 1. The van der Waals surface area contributed by atoms with E-state index in [0.29, 0.717) is 24.8 Å². The molecule has 0 atom stereocenters. The second-order valence-corrected chi connectivity index (χ2v) is 6.62. The molecule has 29 heavy (non-hydrogen) atoms. The molecule has 0 fully saturated rings. The van der Waals surface area contributed by atoms with Crippen LogP contribution in [0.1, 0.15) is 39.6 Å². The number of aldehydes is 1. The van der Waals surface area contributed by atoms with Gasteiger partial charge in [0, 0.05) is 18.9 Å². The Bertz CT molecular complexity index is 1060. The van der Waals surface area contributed by atoms with Crippen LogP contribution in [0.4, 0.5) is 4.79 Å². The Hall–Kier alpha value is -3.78. The van der Waals surface area contributed by atoms with E-state index in [0.717, 1.165) is 0 Å². The molecule has 1 heterocycles. The highest BCUT2D eigenvalue weighted by atomic mass is 16.5. The van der Waals surface area contributed by atoms with Crippen molar-refractivity contribution >= 4 is 12.4 Å². The topological polar surface area (TPSA) is 68.5 Å². The molecule has 1 amide bonds. The highest BCUT2D eigenvalue weighted by Crippen LogP contribution is 2.44. The van der Waals surface area contributed by atoms with Crippen molar-refractivity contribution in [2.24, 2.45) is 0 Å². The number of nitrogens with one attached hydrogen (secondary N) is 1. The third-order valence-corrected chi connectivity index (χ3v) is 4.89. The summed E-state index contributed by atoms with van der Waals surface area (Å²) in [7, 11) is 0. The highest BCUT2D eigenvalue weighted by molar-refractivity contribution is 5.79. The van der Waals surface area contributed by atoms with Crippen LogP contribution in [0.2, 0.25) is 0 Å². The number of fused-ring (bicyclic) bond motifs is 3. The van der Waals surface area contributed by atoms with E-state index in [1.165, 1.54) is 28.5 Å². The SMILES string of the molecule is O=Cc1occc1C#CCCNC(=O)OCC1c2ccccc2-c2ccccc21. The summed E-state index contributed by atoms with van der Waals surface area (Å²) in [6.45, 7) is 0.640. The fourth-order valence-electron chi connectivity index (χ4n) is 3.55. The molecular weight excluding hydrogens is 366 g/mol. The number of hydrogen-bond acceptors (Lipinski definition) is 4. The van der Waals surface area contributed by atoms with Crippen molar-refractivity contribution in [2.75, 3.05) is 13.2 Å². The van der Waals surface area contributed by atoms with Gasteiger partial charge in [0.2, 0.25) is 0 Å². The first kappa shape index (κ1) is 18.6. The van der Waals surface area contributed by atoms with Crippen LogP contribution in [0.5, 0.6) is 0 Å². The minimum absolute atomic E-state index is 0.0378. The lowest BCUT2D eigenvalue weighted by Gasteiger charge is -2.14. The fraction of sp³-hybridized carbons (Fsp3) is 0.167. The average molecular weight is 385 g/mol. The molecule has 0 bridgehead atoms. The van der Waals surface area contributed by atoms with Crippen molar-refractivity contribution in [1.82, 2.24) is 5.32 Å². The molecule has 0 radical (unpaired) electrons. The number of carbonyl (C=O) groups excluding carboxylic acids is 2. The molecule has 4 rings (SSSR count). The van der Waals surface area contributed by atoms with Gasteiger partial charge in [-0.05, 0) is 28.3 Å². The first-order chi connectivity index (χ1) is 14.3. The first-order valence-corrected chi connectivity index (χ1v) is 9.38. The molecule has 0 aliphatic heterocycles. The normalized spacial score (nSPS) is 11.7. The van der Waals surface area contributed by atoms with Gasteiger partial charge in [-0.3, -0.25) is 4.79 Å². The smallest absolute Gasteiger partial charge is 0.407 e. The summed E-state index contributed by atoms with van der Waals surface area (Å²) >= 11 is 0. The molecule has 0 saturated carbocycles. The van der Waals surface area contributed by atoms with E-state index in [2.05, 4.69) is 41.4 Å². The van der Waals surface area contributed by atoms with Crippen LogP contribution in [0.15, 0.2) is 65.3 Å². The Morgan fingerprint density at radius 1 is 1.07 bits per heavy atom. The standard InChI is InChI=1S/C24H19NO4/c26-15-23-17(12-14-28-23)7-5-6-13-25-24(27)29-16-22-20-10-3-1-8-18(20)19-9-2-4-11-21(19)22/h1-4,8-12,14-15,22H,6,13,16H2,(H,25,27). The zero-order chi connectivity index (χ0) is 20.1. The molecule has 2 aromatic carbocycles. The van der Waals surface area contributed by atoms with Crippen LogP contribution in [-0.2, 0) is 4.74 Å². The maximum Gasteiger partial charge on any atom is 0.407 e. The second kappa shape index (κ2) is 8.49. The summed E-state index contributed by atoms with van der Waals surface area (Å²) in [5.41, 5.74) is 5.29. The summed E-state index contributed by atoms with van der Waals surface area (Å²) in [4.78, 5) is 22.8. The summed E-state index contributed by atoms with van der Waals surface area (Å²) in [6, 6.07) is 18.1. The van der Waals surface area contributed by atoms with Crippen molar-refractivity contribution in [3.63, 3.8) is 0 Å². The number of hydrogen-bond donors (Lipinski definition) is 1. The maximum absolute atomic E-state index is 12.1. The van der Waals surface area contributed by atoms with E-state index in [9.17, 15) is 9.59 Å². The third-order valence-electron chi connectivity index (χ3n) is 4.89. The Kier molecular flexibility index (Phi) is 5.44. The fourth-order valence-corrected chi connectivity index (χ4v) is 3.55.